The van der Waals surface area contributed by atoms with Crippen LogP contribution in [0.3, 0.4) is 0 Å². The van der Waals surface area contributed by atoms with Crippen LogP contribution >= 0.6 is 0 Å². The van der Waals surface area contributed by atoms with Gasteiger partial charge in [-0.1, -0.05) is 12.1 Å². The topological polar surface area (TPSA) is 33.4 Å². The monoisotopic (exact) mass is 300 g/mol. The van der Waals surface area contributed by atoms with E-state index in [1.165, 1.54) is 0 Å². The summed E-state index contributed by atoms with van der Waals surface area (Å²) in [5.41, 5.74) is 1.76. The number of benzene rings is 1. The lowest BCUT2D eigenvalue weighted by Gasteiger charge is -2.32. The van der Waals surface area contributed by atoms with Crippen molar-refractivity contribution < 1.29 is 5.76 Å². The third-order valence-corrected chi connectivity index (χ3v) is 4.56. The molecule has 0 amide bonds. The molecule has 0 unspecified atom stereocenters. The van der Waals surface area contributed by atoms with Crippen molar-refractivity contribution in [3.05, 3.63) is 36.5 Å². The van der Waals surface area contributed by atoms with Gasteiger partial charge in [-0.2, -0.15) is 4.98 Å². The number of rotatable bonds is 3. The Kier molecular flexibility index (Phi) is 3.13. The number of hydrogen-bond acceptors (Lipinski definition) is 3. The third-order valence-electron chi connectivity index (χ3n) is 4.56. The lowest BCUT2D eigenvalue weighted by atomic mass is 9.94. The van der Waals surface area contributed by atoms with E-state index in [1.54, 1.807) is 12.1 Å². The Labute approximate surface area is 130 Å². The number of halogens is 1. The van der Waals surface area contributed by atoms with Crippen LogP contribution in [0.1, 0.15) is 20.6 Å². The summed E-state index contributed by atoms with van der Waals surface area (Å²) in [6, 6.07) is 7.87. The van der Waals surface area contributed by atoms with Crippen molar-refractivity contribution in [2.45, 2.75) is 19.3 Å². The Balaban J connectivity index is 1.63. The fraction of sp³-hybridized carbons (Fsp3) is 0.412. The van der Waals surface area contributed by atoms with Gasteiger partial charge in [0.15, 0.2) is 0 Å². The molecule has 1 aliphatic rings. The summed E-state index contributed by atoms with van der Waals surface area (Å²) in [5.74, 6) is 2.09. The van der Waals surface area contributed by atoms with Crippen LogP contribution in [-0.2, 0) is 0 Å². The molecule has 5 heteroatoms. The van der Waals surface area contributed by atoms with E-state index < -0.39 is 0 Å². The van der Waals surface area contributed by atoms with Crippen LogP contribution in [0.5, 0.6) is 0 Å². The van der Waals surface area contributed by atoms with E-state index in [0.717, 1.165) is 42.8 Å². The zero-order valence-corrected chi connectivity index (χ0v) is 12.4. The van der Waals surface area contributed by atoms with Gasteiger partial charge in [-0.15, -0.1) is 0 Å². The van der Waals surface area contributed by atoms with E-state index in [4.69, 9.17) is 1.37 Å². The molecule has 0 spiro atoms. The normalized spacial score (nSPS) is 17.3. The molecule has 1 saturated heterocycles. The number of nitrogens with zero attached hydrogens (tertiary/aromatic N) is 4. The van der Waals surface area contributed by atoms with Gasteiger partial charge >= 0.3 is 0 Å². The van der Waals surface area contributed by atoms with Crippen molar-refractivity contribution in [3.8, 4) is 0 Å². The van der Waals surface area contributed by atoms with Crippen LogP contribution in [-0.4, -0.2) is 34.1 Å². The molecule has 2 aromatic heterocycles. The molecule has 0 radical (unpaired) electrons. The summed E-state index contributed by atoms with van der Waals surface area (Å²) in [6.45, 7) is 1.63. The van der Waals surface area contributed by atoms with E-state index in [2.05, 4.69) is 14.9 Å². The van der Waals surface area contributed by atoms with Crippen LogP contribution in [0, 0.1) is 5.92 Å². The van der Waals surface area contributed by atoms with Gasteiger partial charge in [0, 0.05) is 19.3 Å². The van der Waals surface area contributed by atoms with E-state index in [1.807, 2.05) is 22.7 Å². The highest BCUT2D eigenvalue weighted by Crippen LogP contribution is 2.25. The quantitative estimate of drug-likeness (QED) is 0.743. The Morgan fingerprint density at radius 2 is 2.09 bits per heavy atom. The van der Waals surface area contributed by atoms with E-state index >= 15 is 0 Å². The van der Waals surface area contributed by atoms with Crippen molar-refractivity contribution >= 4 is 22.6 Å². The number of hydrogen-bond donors (Lipinski definition) is 0. The highest BCUT2D eigenvalue weighted by Gasteiger charge is 2.20. The predicted molar refractivity (Wildman–Crippen MR) is 86.0 cm³/mol. The van der Waals surface area contributed by atoms with Crippen LogP contribution in [0.15, 0.2) is 36.5 Å². The number of imidazole rings is 1. The molecular formula is C17H19FN4. The summed E-state index contributed by atoms with van der Waals surface area (Å²) >= 11 is 0. The van der Waals surface area contributed by atoms with Gasteiger partial charge in [0.25, 0.3) is 0 Å². The van der Waals surface area contributed by atoms with Crippen LogP contribution < -0.4 is 4.90 Å². The lowest BCUT2D eigenvalue weighted by Crippen LogP contribution is -2.34. The van der Waals surface area contributed by atoms with Crippen molar-refractivity contribution in [1.82, 2.24) is 14.4 Å². The molecule has 4 rings (SSSR count). The second kappa shape index (κ2) is 5.55. The van der Waals surface area contributed by atoms with Crippen LogP contribution in [0.4, 0.5) is 10.2 Å². The molecule has 22 heavy (non-hydrogen) atoms. The van der Waals surface area contributed by atoms with Crippen molar-refractivity contribution in [2.75, 3.05) is 24.7 Å². The van der Waals surface area contributed by atoms with Gasteiger partial charge < -0.3 is 4.90 Å². The average Bonchev–Trinajstić information content (AvgIpc) is 2.93. The zero-order valence-electron chi connectivity index (χ0n) is 13.4. The lowest BCUT2D eigenvalue weighted by molar-refractivity contribution is 0.332. The SMILES string of the molecule is [3H]c1ccc2nc3nc(N4CCC(CCF)CC4)ccn3c2c1. The standard InChI is InChI=1S/C17H19FN4/c18-9-5-13-6-10-21(11-7-13)16-8-12-22-15-4-2-1-3-14(15)19-17(22)20-16/h1-4,8,12-13H,5-7,9-11H2/i2T. The molecule has 1 aliphatic heterocycles. The zero-order chi connectivity index (χ0) is 15.8. The second-order valence-corrected chi connectivity index (χ2v) is 5.89. The number of aromatic nitrogens is 3. The maximum atomic E-state index is 12.5. The minimum absolute atomic E-state index is 0.215. The summed E-state index contributed by atoms with van der Waals surface area (Å²) < 4.78 is 22.1. The maximum Gasteiger partial charge on any atom is 0.236 e. The van der Waals surface area contributed by atoms with Crippen LogP contribution in [0.25, 0.3) is 16.8 Å². The summed E-state index contributed by atoms with van der Waals surface area (Å²) in [5, 5.41) is 0. The fourth-order valence-electron chi connectivity index (χ4n) is 3.26. The average molecular weight is 300 g/mol. The number of alkyl halides is 1. The van der Waals surface area contributed by atoms with Crippen molar-refractivity contribution in [1.29, 1.82) is 0 Å². The molecule has 3 heterocycles. The van der Waals surface area contributed by atoms with Gasteiger partial charge in [0.1, 0.15) is 5.82 Å². The summed E-state index contributed by atoms with van der Waals surface area (Å²) in [6.07, 6.45) is 4.70. The molecule has 0 N–H and O–H groups in total. The first kappa shape index (κ1) is 12.4. The molecule has 0 aliphatic carbocycles. The van der Waals surface area contributed by atoms with E-state index in [-0.39, 0.29) is 6.67 Å². The molecular weight excluding hydrogens is 279 g/mol. The first-order chi connectivity index (χ1) is 11.2. The molecule has 4 nitrogen and oxygen atoms in total. The summed E-state index contributed by atoms with van der Waals surface area (Å²) in [7, 11) is 0. The second-order valence-electron chi connectivity index (χ2n) is 5.89. The fourth-order valence-corrected chi connectivity index (χ4v) is 3.26. The molecule has 0 atom stereocenters. The van der Waals surface area contributed by atoms with Gasteiger partial charge in [-0.3, -0.25) is 8.79 Å². The first-order valence-electron chi connectivity index (χ1n) is 8.31. The van der Waals surface area contributed by atoms with Gasteiger partial charge in [-0.25, -0.2) is 4.98 Å². The Bertz CT molecular complexity index is 839. The van der Waals surface area contributed by atoms with Gasteiger partial charge in [-0.05, 0) is 43.4 Å². The number of fused-ring (bicyclic) bond motifs is 3. The first-order valence-corrected chi connectivity index (χ1v) is 7.81. The smallest absolute Gasteiger partial charge is 0.236 e. The number of piperidine rings is 1. The Morgan fingerprint density at radius 3 is 2.91 bits per heavy atom. The van der Waals surface area contributed by atoms with Gasteiger partial charge in [0.05, 0.1) is 19.1 Å². The van der Waals surface area contributed by atoms with Crippen molar-refractivity contribution in [3.63, 3.8) is 0 Å². The highest BCUT2D eigenvalue weighted by atomic mass is 19.1. The molecule has 114 valence electrons. The minimum atomic E-state index is -0.215. The van der Waals surface area contributed by atoms with E-state index in [9.17, 15) is 4.39 Å². The highest BCUT2D eigenvalue weighted by molar-refractivity contribution is 5.79. The number of anilines is 1. The third kappa shape index (κ3) is 2.30. The van der Waals surface area contributed by atoms with Crippen molar-refractivity contribution in [2.24, 2.45) is 5.92 Å². The predicted octanol–water partition coefficient (Wildman–Crippen LogP) is 3.46. The largest absolute Gasteiger partial charge is 0.356 e. The molecule has 0 bridgehead atoms. The maximum absolute atomic E-state index is 12.5. The van der Waals surface area contributed by atoms with E-state index in [0.29, 0.717) is 24.2 Å². The minimum Gasteiger partial charge on any atom is -0.356 e. The molecule has 1 aromatic carbocycles. The molecule has 0 saturated carbocycles. The Morgan fingerprint density at radius 1 is 1.23 bits per heavy atom. The van der Waals surface area contributed by atoms with Gasteiger partial charge in [0.2, 0.25) is 5.78 Å². The summed E-state index contributed by atoms with van der Waals surface area (Å²) in [4.78, 5) is 11.5. The van der Waals surface area contributed by atoms with Crippen LogP contribution in [0.2, 0.25) is 0 Å². The molecule has 3 aromatic rings. The number of para-hydroxylation sites is 2. The Hall–Kier alpha value is -2.17. The molecule has 1 fully saturated rings.